The zero-order chi connectivity index (χ0) is 13.7. The minimum Gasteiger partial charge on any atom is -0.369 e. The Balaban J connectivity index is 1.89. The molecule has 1 saturated heterocycles. The van der Waals surface area contributed by atoms with Crippen molar-refractivity contribution in [3.8, 4) is 0 Å². The molecule has 0 unspecified atom stereocenters. The van der Waals surface area contributed by atoms with Gasteiger partial charge in [0.25, 0.3) is 0 Å². The maximum Gasteiger partial charge on any atom is 0.224 e. The largest absolute Gasteiger partial charge is 0.369 e. The van der Waals surface area contributed by atoms with Gasteiger partial charge < -0.3 is 15.5 Å². The number of piperidine rings is 1. The summed E-state index contributed by atoms with van der Waals surface area (Å²) in [6, 6.07) is 1.93. The van der Waals surface area contributed by atoms with E-state index in [4.69, 9.17) is 0 Å². The molecule has 5 heteroatoms. The highest BCUT2D eigenvalue weighted by Gasteiger charge is 2.28. The second kappa shape index (κ2) is 6.19. The average Bonchev–Trinajstić information content (AvgIpc) is 2.41. The summed E-state index contributed by atoms with van der Waals surface area (Å²) < 4.78 is 0. The lowest BCUT2D eigenvalue weighted by atomic mass is 9.80. The summed E-state index contributed by atoms with van der Waals surface area (Å²) in [4.78, 5) is 11.0. The van der Waals surface area contributed by atoms with E-state index in [1.165, 1.54) is 25.9 Å². The number of aromatic nitrogens is 2. The molecule has 1 aromatic heterocycles. The molecule has 1 aliphatic rings. The van der Waals surface area contributed by atoms with Crippen LogP contribution in [0.25, 0.3) is 0 Å². The quantitative estimate of drug-likeness (QED) is 0.851. The van der Waals surface area contributed by atoms with Crippen LogP contribution in [0.1, 0.15) is 26.7 Å². The van der Waals surface area contributed by atoms with Crippen molar-refractivity contribution in [2.24, 2.45) is 5.41 Å². The van der Waals surface area contributed by atoms with E-state index in [2.05, 4.69) is 39.5 Å². The summed E-state index contributed by atoms with van der Waals surface area (Å²) in [6.45, 7) is 8.59. The predicted octanol–water partition coefficient (Wildman–Crippen LogP) is 2.05. The molecule has 0 radical (unpaired) electrons. The summed E-state index contributed by atoms with van der Waals surface area (Å²) >= 11 is 0. The van der Waals surface area contributed by atoms with Gasteiger partial charge in [0.15, 0.2) is 0 Å². The minimum atomic E-state index is 0.371. The third kappa shape index (κ3) is 4.06. The van der Waals surface area contributed by atoms with E-state index in [1.807, 2.05) is 13.0 Å². The first-order valence-corrected chi connectivity index (χ1v) is 7.11. The fourth-order valence-corrected chi connectivity index (χ4v) is 2.34. The number of nitrogens with one attached hydrogen (secondary N) is 2. The predicted molar refractivity (Wildman–Crippen MR) is 79.5 cm³/mol. The van der Waals surface area contributed by atoms with Gasteiger partial charge in [0.05, 0.1) is 0 Å². The Labute approximate surface area is 115 Å². The van der Waals surface area contributed by atoms with Crippen molar-refractivity contribution in [2.75, 3.05) is 43.9 Å². The first-order chi connectivity index (χ1) is 9.11. The molecule has 2 heterocycles. The van der Waals surface area contributed by atoms with Gasteiger partial charge in [-0.2, -0.15) is 4.98 Å². The molecule has 2 rings (SSSR count). The first-order valence-electron chi connectivity index (χ1n) is 7.11. The van der Waals surface area contributed by atoms with Crippen molar-refractivity contribution in [3.63, 3.8) is 0 Å². The number of anilines is 2. The molecule has 0 atom stereocenters. The molecule has 1 aliphatic heterocycles. The third-order valence-electron chi connectivity index (χ3n) is 3.88. The second-order valence-corrected chi connectivity index (χ2v) is 5.76. The summed E-state index contributed by atoms with van der Waals surface area (Å²) in [5.41, 5.74) is 0.371. The number of nitrogens with zero attached hydrogens (tertiary/aromatic N) is 3. The van der Waals surface area contributed by atoms with Crippen LogP contribution in [0.2, 0.25) is 0 Å². The minimum absolute atomic E-state index is 0.371. The van der Waals surface area contributed by atoms with Crippen molar-refractivity contribution < 1.29 is 0 Å². The van der Waals surface area contributed by atoms with Crippen molar-refractivity contribution in [3.05, 3.63) is 12.3 Å². The Bertz CT molecular complexity index is 399. The van der Waals surface area contributed by atoms with Crippen LogP contribution in [0.4, 0.5) is 11.8 Å². The van der Waals surface area contributed by atoms with Gasteiger partial charge in [-0.1, -0.05) is 6.92 Å². The van der Waals surface area contributed by atoms with Crippen LogP contribution < -0.4 is 10.6 Å². The highest BCUT2D eigenvalue weighted by molar-refractivity contribution is 5.39. The molecule has 0 bridgehead atoms. The fraction of sp³-hybridized carbons (Fsp3) is 0.714. The van der Waals surface area contributed by atoms with E-state index in [1.54, 1.807) is 6.20 Å². The Hall–Kier alpha value is -1.36. The number of rotatable bonds is 5. The van der Waals surface area contributed by atoms with E-state index in [0.717, 1.165) is 18.9 Å². The molecular formula is C14H25N5. The number of hydrogen-bond acceptors (Lipinski definition) is 5. The van der Waals surface area contributed by atoms with Gasteiger partial charge in [0.2, 0.25) is 5.95 Å². The molecule has 0 saturated carbocycles. The monoisotopic (exact) mass is 263 g/mol. The highest BCUT2D eigenvalue weighted by Crippen LogP contribution is 2.30. The number of likely N-dealkylation sites (tertiary alicyclic amines) is 1. The maximum atomic E-state index is 4.45. The van der Waals surface area contributed by atoms with Crippen LogP contribution in [0.15, 0.2) is 12.3 Å². The van der Waals surface area contributed by atoms with Crippen LogP contribution >= 0.6 is 0 Å². The van der Waals surface area contributed by atoms with Crippen LogP contribution in [0, 0.1) is 5.41 Å². The SMILES string of the molecule is CCNc1nccc(NCC2(C)CCN(C)CC2)n1. The molecule has 0 aromatic carbocycles. The van der Waals surface area contributed by atoms with Gasteiger partial charge in [-0.3, -0.25) is 0 Å². The summed E-state index contributed by atoms with van der Waals surface area (Å²) in [5, 5.41) is 6.59. The van der Waals surface area contributed by atoms with Crippen molar-refractivity contribution >= 4 is 11.8 Å². The van der Waals surface area contributed by atoms with Gasteiger partial charge in [0, 0.05) is 19.3 Å². The van der Waals surface area contributed by atoms with Crippen molar-refractivity contribution in [2.45, 2.75) is 26.7 Å². The smallest absolute Gasteiger partial charge is 0.224 e. The van der Waals surface area contributed by atoms with Gasteiger partial charge in [-0.15, -0.1) is 0 Å². The molecule has 2 N–H and O–H groups in total. The molecule has 0 spiro atoms. The van der Waals surface area contributed by atoms with Gasteiger partial charge in [-0.25, -0.2) is 4.98 Å². The molecule has 106 valence electrons. The summed E-state index contributed by atoms with van der Waals surface area (Å²) in [5.74, 6) is 1.60. The zero-order valence-corrected chi connectivity index (χ0v) is 12.2. The lowest BCUT2D eigenvalue weighted by Gasteiger charge is -2.38. The Morgan fingerprint density at radius 1 is 1.32 bits per heavy atom. The lowest BCUT2D eigenvalue weighted by Crippen LogP contribution is -2.40. The first kappa shape index (κ1) is 14.1. The van der Waals surface area contributed by atoms with Crippen LogP contribution in [-0.4, -0.2) is 48.1 Å². The average molecular weight is 263 g/mol. The van der Waals surface area contributed by atoms with E-state index in [0.29, 0.717) is 11.4 Å². The van der Waals surface area contributed by atoms with E-state index in [-0.39, 0.29) is 0 Å². The van der Waals surface area contributed by atoms with E-state index < -0.39 is 0 Å². The topological polar surface area (TPSA) is 53.1 Å². The van der Waals surface area contributed by atoms with Gasteiger partial charge in [-0.05, 0) is 51.4 Å². The summed E-state index contributed by atoms with van der Waals surface area (Å²) in [7, 11) is 2.19. The maximum absolute atomic E-state index is 4.45. The Morgan fingerprint density at radius 3 is 2.74 bits per heavy atom. The standard InChI is InChI=1S/C14H25N5/c1-4-15-13-16-8-5-12(18-13)17-11-14(2)6-9-19(3)10-7-14/h5,8H,4,6-7,9-11H2,1-3H3,(H2,15,16,17,18). The highest BCUT2D eigenvalue weighted by atomic mass is 15.1. The van der Waals surface area contributed by atoms with Gasteiger partial charge >= 0.3 is 0 Å². The van der Waals surface area contributed by atoms with Crippen LogP contribution in [-0.2, 0) is 0 Å². The van der Waals surface area contributed by atoms with E-state index in [9.17, 15) is 0 Å². The third-order valence-corrected chi connectivity index (χ3v) is 3.88. The molecular weight excluding hydrogens is 238 g/mol. The normalized spacial score (nSPS) is 19.1. The molecule has 19 heavy (non-hydrogen) atoms. The van der Waals surface area contributed by atoms with Crippen molar-refractivity contribution in [1.29, 1.82) is 0 Å². The van der Waals surface area contributed by atoms with Crippen LogP contribution in [0.3, 0.4) is 0 Å². The molecule has 1 fully saturated rings. The summed E-state index contributed by atoms with van der Waals surface area (Å²) in [6.07, 6.45) is 4.27. The fourth-order valence-electron chi connectivity index (χ4n) is 2.34. The molecule has 0 amide bonds. The zero-order valence-electron chi connectivity index (χ0n) is 12.2. The molecule has 5 nitrogen and oxygen atoms in total. The van der Waals surface area contributed by atoms with E-state index >= 15 is 0 Å². The number of hydrogen-bond donors (Lipinski definition) is 2. The van der Waals surface area contributed by atoms with Crippen LogP contribution in [0.5, 0.6) is 0 Å². The Morgan fingerprint density at radius 2 is 2.05 bits per heavy atom. The molecule has 0 aliphatic carbocycles. The lowest BCUT2D eigenvalue weighted by molar-refractivity contribution is 0.150. The van der Waals surface area contributed by atoms with Crippen molar-refractivity contribution in [1.82, 2.24) is 14.9 Å². The second-order valence-electron chi connectivity index (χ2n) is 5.76. The molecule has 1 aromatic rings. The Kier molecular flexibility index (Phi) is 4.58. The van der Waals surface area contributed by atoms with Gasteiger partial charge in [0.1, 0.15) is 5.82 Å².